The van der Waals surface area contributed by atoms with Crippen LogP contribution >= 0.6 is 15.9 Å². The van der Waals surface area contributed by atoms with Crippen molar-refractivity contribution in [3.8, 4) is 5.75 Å². The molecule has 128 valence electrons. The smallest absolute Gasteiger partial charge is 0.262 e. The highest BCUT2D eigenvalue weighted by Crippen LogP contribution is 2.54. The van der Waals surface area contributed by atoms with Gasteiger partial charge in [-0.15, -0.1) is 0 Å². The lowest BCUT2D eigenvalue weighted by molar-refractivity contribution is -0.140. The number of fused-ring (bicyclic) bond motifs is 4. The number of nitrogens with zero attached hydrogens (tertiary/aromatic N) is 2. The number of halogens is 1. The predicted molar refractivity (Wildman–Crippen MR) is 92.6 cm³/mol. The molecule has 1 aromatic carbocycles. The second-order valence-electron chi connectivity index (χ2n) is 7.24. The van der Waals surface area contributed by atoms with Crippen LogP contribution in [0, 0.1) is 5.92 Å². The van der Waals surface area contributed by atoms with Crippen molar-refractivity contribution >= 4 is 27.8 Å². The van der Waals surface area contributed by atoms with Crippen molar-refractivity contribution in [2.45, 2.75) is 43.4 Å². The molecule has 1 aliphatic carbocycles. The van der Waals surface area contributed by atoms with Crippen LogP contribution in [0.15, 0.2) is 27.7 Å². The quantitative estimate of drug-likeness (QED) is 0.702. The van der Waals surface area contributed by atoms with E-state index in [0.717, 1.165) is 10.0 Å². The number of carbonyl (C=O) groups is 1. The van der Waals surface area contributed by atoms with Crippen molar-refractivity contribution in [2.24, 2.45) is 16.6 Å². The van der Waals surface area contributed by atoms with E-state index in [4.69, 9.17) is 10.5 Å². The van der Waals surface area contributed by atoms with Gasteiger partial charge in [-0.2, -0.15) is 0 Å². The molecule has 1 spiro atoms. The van der Waals surface area contributed by atoms with Gasteiger partial charge in [-0.1, -0.05) is 15.9 Å². The first-order valence-electron chi connectivity index (χ1n) is 8.07. The van der Waals surface area contributed by atoms with Crippen LogP contribution in [0.25, 0.3) is 0 Å². The fraction of sp³-hybridized carbons (Fsp3) is 0.529. The fourth-order valence-corrected chi connectivity index (χ4v) is 4.64. The largest absolute Gasteiger partial charge is 0.490 e. The van der Waals surface area contributed by atoms with Gasteiger partial charge in [-0.25, -0.2) is 4.99 Å². The molecule has 0 radical (unpaired) electrons. The Balaban J connectivity index is 1.93. The zero-order valence-corrected chi connectivity index (χ0v) is 15.2. The van der Waals surface area contributed by atoms with Crippen LogP contribution in [0.3, 0.4) is 0 Å². The van der Waals surface area contributed by atoms with Gasteiger partial charge in [0, 0.05) is 29.4 Å². The van der Waals surface area contributed by atoms with Gasteiger partial charge in [0.1, 0.15) is 11.9 Å². The summed E-state index contributed by atoms with van der Waals surface area (Å²) < 4.78 is 7.03. The molecule has 6 nitrogen and oxygen atoms in total. The van der Waals surface area contributed by atoms with Crippen molar-refractivity contribution in [1.29, 1.82) is 0 Å². The normalized spacial score (nSPS) is 37.8. The second kappa shape index (κ2) is 4.95. The van der Waals surface area contributed by atoms with Crippen molar-refractivity contribution < 1.29 is 14.6 Å². The molecule has 1 aromatic rings. The second-order valence-corrected chi connectivity index (χ2v) is 8.16. The van der Waals surface area contributed by atoms with Gasteiger partial charge >= 0.3 is 0 Å². The number of nitrogens with two attached hydrogens (primary N) is 1. The third-order valence-electron chi connectivity index (χ3n) is 5.52. The predicted octanol–water partition coefficient (Wildman–Crippen LogP) is 1.74. The lowest BCUT2D eigenvalue weighted by Gasteiger charge is -2.49. The van der Waals surface area contributed by atoms with Crippen LogP contribution in [0.5, 0.6) is 5.75 Å². The Hall–Kier alpha value is -1.60. The Morgan fingerprint density at radius 2 is 2.25 bits per heavy atom. The molecule has 4 unspecified atom stereocenters. The van der Waals surface area contributed by atoms with E-state index in [0.29, 0.717) is 25.0 Å². The standard InChI is InChI=1S/C17H20BrN3O3/c1-16(23)6-5-10-13(8-16)24-12-4-3-9(18)7-11(12)17(10)14(22)21(2)15(19)20-17/h3-4,7,10,13,23H,5-6,8H2,1-2H3,(H2,19,20). The molecule has 7 heteroatoms. The molecule has 1 saturated carbocycles. The van der Waals surface area contributed by atoms with Gasteiger partial charge in [-0.3, -0.25) is 9.69 Å². The van der Waals surface area contributed by atoms with Gasteiger partial charge in [0.05, 0.1) is 5.60 Å². The van der Waals surface area contributed by atoms with Crippen molar-refractivity contribution in [3.63, 3.8) is 0 Å². The molecule has 4 rings (SSSR count). The zero-order chi connectivity index (χ0) is 17.3. The third-order valence-corrected chi connectivity index (χ3v) is 6.01. The first kappa shape index (κ1) is 15.9. The number of amides is 1. The van der Waals surface area contributed by atoms with Crippen molar-refractivity contribution in [1.82, 2.24) is 4.90 Å². The van der Waals surface area contributed by atoms with E-state index >= 15 is 0 Å². The number of aliphatic hydroxyl groups is 1. The van der Waals surface area contributed by atoms with Crippen molar-refractivity contribution in [2.75, 3.05) is 7.05 Å². The lowest BCUT2D eigenvalue weighted by Crippen LogP contribution is -2.56. The Morgan fingerprint density at radius 3 is 2.92 bits per heavy atom. The van der Waals surface area contributed by atoms with E-state index in [-0.39, 0.29) is 23.9 Å². The average Bonchev–Trinajstić information content (AvgIpc) is 2.73. The molecule has 0 saturated heterocycles. The number of likely N-dealkylation sites (N-methyl/N-ethyl adjacent to an activating group) is 1. The summed E-state index contributed by atoms with van der Waals surface area (Å²) in [5.74, 6) is 0.593. The van der Waals surface area contributed by atoms with E-state index in [1.54, 1.807) is 7.05 Å². The molecule has 0 aromatic heterocycles. The average molecular weight is 394 g/mol. The molecular weight excluding hydrogens is 374 g/mol. The minimum absolute atomic E-state index is 0.126. The number of rotatable bonds is 0. The summed E-state index contributed by atoms with van der Waals surface area (Å²) in [5.41, 5.74) is 4.89. The minimum Gasteiger partial charge on any atom is -0.490 e. The van der Waals surface area contributed by atoms with Crippen LogP contribution in [0.2, 0.25) is 0 Å². The van der Waals surface area contributed by atoms with Crippen LogP contribution in [-0.4, -0.2) is 40.6 Å². The molecule has 1 amide bonds. The Morgan fingerprint density at radius 1 is 1.50 bits per heavy atom. The maximum atomic E-state index is 13.2. The van der Waals surface area contributed by atoms with Crippen LogP contribution in [0.1, 0.15) is 31.7 Å². The van der Waals surface area contributed by atoms with E-state index < -0.39 is 11.1 Å². The summed E-state index contributed by atoms with van der Waals surface area (Å²) in [4.78, 5) is 19.2. The summed E-state index contributed by atoms with van der Waals surface area (Å²) in [5, 5.41) is 10.5. The van der Waals surface area contributed by atoms with Crippen LogP contribution in [-0.2, 0) is 10.3 Å². The lowest BCUT2D eigenvalue weighted by atomic mass is 9.64. The first-order chi connectivity index (χ1) is 11.2. The number of guanidine groups is 1. The molecule has 0 bridgehead atoms. The first-order valence-corrected chi connectivity index (χ1v) is 8.86. The summed E-state index contributed by atoms with van der Waals surface area (Å²) in [7, 11) is 1.65. The minimum atomic E-state index is -1.06. The maximum Gasteiger partial charge on any atom is 0.262 e. The highest BCUT2D eigenvalue weighted by Gasteiger charge is 2.61. The van der Waals surface area contributed by atoms with Crippen molar-refractivity contribution in [3.05, 3.63) is 28.2 Å². The maximum absolute atomic E-state index is 13.2. The van der Waals surface area contributed by atoms with Gasteiger partial charge in [-0.05, 0) is 38.0 Å². The van der Waals surface area contributed by atoms with E-state index in [1.807, 2.05) is 25.1 Å². The summed E-state index contributed by atoms with van der Waals surface area (Å²) in [6, 6.07) is 5.62. The monoisotopic (exact) mass is 393 g/mol. The molecule has 3 N–H and O–H groups in total. The number of ether oxygens (including phenoxy) is 1. The van der Waals surface area contributed by atoms with Gasteiger partial charge < -0.3 is 15.6 Å². The molecule has 1 fully saturated rings. The number of hydrogen-bond acceptors (Lipinski definition) is 5. The third kappa shape index (κ3) is 2.04. The topological polar surface area (TPSA) is 88.2 Å². The fourth-order valence-electron chi connectivity index (χ4n) is 4.28. The Kier molecular flexibility index (Phi) is 3.28. The molecular formula is C17H20BrN3O3. The van der Waals surface area contributed by atoms with Crippen LogP contribution in [0.4, 0.5) is 0 Å². The highest BCUT2D eigenvalue weighted by molar-refractivity contribution is 9.10. The summed E-state index contributed by atoms with van der Waals surface area (Å²) >= 11 is 3.48. The number of carbonyl (C=O) groups excluding carboxylic acids is 1. The zero-order valence-electron chi connectivity index (χ0n) is 13.6. The van der Waals surface area contributed by atoms with Gasteiger partial charge in [0.25, 0.3) is 5.91 Å². The Bertz CT molecular complexity index is 763. The highest BCUT2D eigenvalue weighted by atomic mass is 79.9. The molecule has 2 aliphatic heterocycles. The summed E-state index contributed by atoms with van der Waals surface area (Å²) in [6.45, 7) is 1.82. The number of benzene rings is 1. The molecule has 3 aliphatic rings. The van der Waals surface area contributed by atoms with E-state index in [9.17, 15) is 9.90 Å². The molecule has 24 heavy (non-hydrogen) atoms. The Labute approximate surface area is 148 Å². The van der Waals surface area contributed by atoms with Crippen LogP contribution < -0.4 is 10.5 Å². The van der Waals surface area contributed by atoms with Gasteiger partial charge in [0.2, 0.25) is 0 Å². The molecule has 4 atom stereocenters. The summed E-state index contributed by atoms with van der Waals surface area (Å²) in [6.07, 6.45) is 1.46. The molecule has 2 heterocycles. The van der Waals surface area contributed by atoms with E-state index in [1.165, 1.54) is 4.90 Å². The number of aliphatic imine (C=N–C) groups is 1. The van der Waals surface area contributed by atoms with Gasteiger partial charge in [0.15, 0.2) is 11.5 Å². The number of hydrogen-bond donors (Lipinski definition) is 2. The SMILES string of the molecule is CN1C(=O)C2(N=C1N)c1cc(Br)ccc1OC1CC(C)(O)CCC12. The van der Waals surface area contributed by atoms with E-state index in [2.05, 4.69) is 20.9 Å².